The van der Waals surface area contributed by atoms with Gasteiger partial charge in [0.25, 0.3) is 0 Å². The molecule has 2 aliphatic carbocycles. The third-order valence-corrected chi connectivity index (χ3v) is 7.80. The number of rotatable bonds is 11. The summed E-state index contributed by atoms with van der Waals surface area (Å²) in [6, 6.07) is 8.72. The van der Waals surface area contributed by atoms with Crippen LogP contribution in [-0.4, -0.2) is 0 Å². The minimum atomic E-state index is 0.776. The van der Waals surface area contributed by atoms with E-state index in [2.05, 4.69) is 65.3 Å². The van der Waals surface area contributed by atoms with E-state index in [1.54, 1.807) is 0 Å². The van der Waals surface area contributed by atoms with Gasteiger partial charge in [-0.2, -0.15) is 0 Å². The molecule has 1 saturated carbocycles. The predicted molar refractivity (Wildman–Crippen MR) is 132 cm³/mol. The van der Waals surface area contributed by atoms with E-state index in [9.17, 15) is 0 Å². The lowest BCUT2D eigenvalue weighted by atomic mass is 9.72. The minimum absolute atomic E-state index is 0.776. The Morgan fingerprint density at radius 2 is 1.48 bits per heavy atom. The Hall–Kier alpha value is -0.820. The number of benzene rings is 1. The highest BCUT2D eigenvalue weighted by Crippen LogP contribution is 2.39. The summed E-state index contributed by atoms with van der Waals surface area (Å²) >= 11 is 3.53. The van der Waals surface area contributed by atoms with Gasteiger partial charge in [-0.3, -0.25) is 0 Å². The van der Waals surface area contributed by atoms with Crippen molar-refractivity contribution in [1.82, 2.24) is 0 Å². The van der Waals surface area contributed by atoms with E-state index in [0.29, 0.717) is 0 Å². The van der Waals surface area contributed by atoms with Crippen LogP contribution in [0, 0.1) is 17.8 Å². The average Bonchev–Trinajstić information content (AvgIpc) is 2.77. The molecular weight excluding hydrogens is 416 g/mol. The van der Waals surface area contributed by atoms with Gasteiger partial charge in [-0.1, -0.05) is 124 Å². The summed E-state index contributed by atoms with van der Waals surface area (Å²) in [4.78, 5) is 0. The van der Waals surface area contributed by atoms with Gasteiger partial charge < -0.3 is 0 Å². The van der Waals surface area contributed by atoms with Gasteiger partial charge >= 0.3 is 0 Å². The second-order valence-corrected chi connectivity index (χ2v) is 10.4. The van der Waals surface area contributed by atoms with Crippen LogP contribution in [0.1, 0.15) is 102 Å². The predicted octanol–water partition coefficient (Wildman–Crippen LogP) is 9.75. The van der Waals surface area contributed by atoms with Crippen molar-refractivity contribution in [2.45, 2.75) is 96.8 Å². The Labute approximate surface area is 188 Å². The molecule has 1 unspecified atom stereocenters. The molecule has 3 rings (SSSR count). The van der Waals surface area contributed by atoms with Gasteiger partial charge in [0, 0.05) is 4.47 Å². The molecule has 0 amide bonds. The summed E-state index contributed by atoms with van der Waals surface area (Å²) in [7, 11) is 0. The first-order chi connectivity index (χ1) is 14.3. The molecule has 160 valence electrons. The van der Waals surface area contributed by atoms with E-state index in [-0.39, 0.29) is 0 Å². The van der Waals surface area contributed by atoms with E-state index in [4.69, 9.17) is 0 Å². The molecule has 0 radical (unpaired) electrons. The van der Waals surface area contributed by atoms with Crippen LogP contribution < -0.4 is 0 Å². The molecule has 0 nitrogen and oxygen atoms in total. The number of hydrogen-bond donors (Lipinski definition) is 0. The van der Waals surface area contributed by atoms with Crippen LogP contribution in [-0.2, 0) is 0 Å². The number of unbranched alkanes of at least 4 members (excludes halogenated alkanes) is 7. The summed E-state index contributed by atoms with van der Waals surface area (Å²) in [6.07, 6.45) is 27.6. The van der Waals surface area contributed by atoms with Crippen molar-refractivity contribution in [2.24, 2.45) is 17.8 Å². The molecule has 0 N–H and O–H groups in total. The fraction of sp³-hybridized carbons (Fsp3) is 0.643. The molecule has 1 aromatic rings. The second-order valence-electron chi connectivity index (χ2n) is 9.47. The molecule has 0 spiro atoms. The molecule has 29 heavy (non-hydrogen) atoms. The van der Waals surface area contributed by atoms with E-state index >= 15 is 0 Å². The first-order valence-electron chi connectivity index (χ1n) is 12.4. The van der Waals surface area contributed by atoms with E-state index < -0.39 is 0 Å². The van der Waals surface area contributed by atoms with Crippen LogP contribution in [0.5, 0.6) is 0 Å². The number of hydrogen-bond acceptors (Lipinski definition) is 0. The van der Waals surface area contributed by atoms with Crippen molar-refractivity contribution in [3.8, 4) is 0 Å². The van der Waals surface area contributed by atoms with Crippen LogP contribution in [0.15, 0.2) is 47.0 Å². The monoisotopic (exact) mass is 456 g/mol. The van der Waals surface area contributed by atoms with Gasteiger partial charge in [0.15, 0.2) is 0 Å². The van der Waals surface area contributed by atoms with Gasteiger partial charge in [0.1, 0.15) is 0 Å². The van der Waals surface area contributed by atoms with E-state index in [0.717, 1.165) is 22.2 Å². The molecule has 0 bridgehead atoms. The van der Waals surface area contributed by atoms with E-state index in [1.165, 1.54) is 101 Å². The van der Waals surface area contributed by atoms with E-state index in [1.807, 2.05) is 0 Å². The second kappa shape index (κ2) is 12.8. The average molecular weight is 458 g/mol. The number of halogens is 1. The van der Waals surface area contributed by atoms with Crippen molar-refractivity contribution in [1.29, 1.82) is 0 Å². The first kappa shape index (κ1) is 22.9. The third-order valence-electron chi connectivity index (χ3n) is 7.27. The minimum Gasteiger partial charge on any atom is -0.0802 e. The maximum atomic E-state index is 3.53. The Morgan fingerprint density at radius 1 is 0.828 bits per heavy atom. The summed E-state index contributed by atoms with van der Waals surface area (Å²) in [6.45, 7) is 2.30. The van der Waals surface area contributed by atoms with Crippen LogP contribution >= 0.6 is 15.9 Å². The molecule has 0 aliphatic heterocycles. The summed E-state index contributed by atoms with van der Waals surface area (Å²) in [5.41, 5.74) is 2.74. The smallest absolute Gasteiger partial charge is 0.0175 e. The molecule has 1 fully saturated rings. The molecule has 1 heteroatoms. The van der Waals surface area contributed by atoms with Crippen LogP contribution in [0.4, 0.5) is 0 Å². The SMILES string of the molecule is CCCCCCCCCC[C@H]1CC[C@H](C2C=CC(c3ccc(Br)cc3)=CC2)CC1. The quantitative estimate of drug-likeness (QED) is 0.290. The van der Waals surface area contributed by atoms with Gasteiger partial charge in [-0.15, -0.1) is 0 Å². The zero-order valence-corrected chi connectivity index (χ0v) is 20.1. The maximum Gasteiger partial charge on any atom is 0.0175 e. The van der Waals surface area contributed by atoms with Crippen molar-refractivity contribution < 1.29 is 0 Å². The first-order valence-corrected chi connectivity index (χ1v) is 13.2. The lowest BCUT2D eigenvalue weighted by Crippen LogP contribution is -2.21. The fourth-order valence-electron chi connectivity index (χ4n) is 5.31. The molecule has 0 heterocycles. The summed E-state index contributed by atoms with van der Waals surface area (Å²) < 4.78 is 1.16. The Balaban J connectivity index is 1.29. The van der Waals surface area contributed by atoms with Crippen LogP contribution in [0.2, 0.25) is 0 Å². The van der Waals surface area contributed by atoms with Gasteiger partial charge in [0.2, 0.25) is 0 Å². The number of allylic oxidation sites excluding steroid dienone is 4. The Bertz CT molecular complexity index is 631. The Morgan fingerprint density at radius 3 is 2.10 bits per heavy atom. The normalized spacial score (nSPS) is 24.5. The molecule has 0 saturated heterocycles. The summed E-state index contributed by atoms with van der Waals surface area (Å²) in [5.74, 6) is 2.72. The Kier molecular flexibility index (Phi) is 10.1. The summed E-state index contributed by atoms with van der Waals surface area (Å²) in [5, 5.41) is 0. The largest absolute Gasteiger partial charge is 0.0802 e. The maximum absolute atomic E-state index is 3.53. The highest BCUT2D eigenvalue weighted by molar-refractivity contribution is 9.10. The molecule has 1 aromatic carbocycles. The molecule has 2 aliphatic rings. The lowest BCUT2D eigenvalue weighted by molar-refractivity contribution is 0.218. The van der Waals surface area contributed by atoms with Crippen LogP contribution in [0.3, 0.4) is 0 Å². The zero-order chi connectivity index (χ0) is 20.3. The van der Waals surface area contributed by atoms with Crippen molar-refractivity contribution >= 4 is 21.5 Å². The molecule has 0 aromatic heterocycles. The van der Waals surface area contributed by atoms with Crippen LogP contribution in [0.25, 0.3) is 5.57 Å². The fourth-order valence-corrected chi connectivity index (χ4v) is 5.58. The van der Waals surface area contributed by atoms with Gasteiger partial charge in [0.05, 0.1) is 0 Å². The molecule has 1 atom stereocenters. The van der Waals surface area contributed by atoms with Crippen molar-refractivity contribution in [3.63, 3.8) is 0 Å². The topological polar surface area (TPSA) is 0 Å². The zero-order valence-electron chi connectivity index (χ0n) is 18.6. The lowest BCUT2D eigenvalue weighted by Gasteiger charge is -2.33. The van der Waals surface area contributed by atoms with Crippen molar-refractivity contribution in [2.75, 3.05) is 0 Å². The highest BCUT2D eigenvalue weighted by Gasteiger charge is 2.26. The van der Waals surface area contributed by atoms with Gasteiger partial charge in [-0.25, -0.2) is 0 Å². The third kappa shape index (κ3) is 7.74. The van der Waals surface area contributed by atoms with Crippen molar-refractivity contribution in [3.05, 3.63) is 52.5 Å². The van der Waals surface area contributed by atoms with Gasteiger partial charge in [-0.05, 0) is 60.3 Å². The standard InChI is InChI=1S/C28H41Br/c1-2-3-4-5-6-7-8-9-10-23-11-13-24(14-12-23)25-15-17-26(18-16-25)27-19-21-28(29)22-20-27/h15,17-25H,2-14,16H2,1H3/t23-,24-,25?. The molecular formula is C28H41Br. The highest BCUT2D eigenvalue weighted by atomic mass is 79.9.